The number of ether oxygens (including phenoxy) is 2. The Morgan fingerprint density at radius 1 is 0.750 bits per heavy atom. The van der Waals surface area contributed by atoms with Crippen LogP contribution in [0.2, 0.25) is 0 Å². The minimum absolute atomic E-state index is 0.240. The molecule has 0 aromatic heterocycles. The first-order valence-electron chi connectivity index (χ1n) is 15.4. The third-order valence-corrected chi connectivity index (χ3v) is 8.26. The minimum atomic E-state index is -0.543. The summed E-state index contributed by atoms with van der Waals surface area (Å²) in [5.41, 5.74) is 3.05. The first-order valence-corrected chi connectivity index (χ1v) is 15.4. The van der Waals surface area contributed by atoms with E-state index in [9.17, 15) is 4.79 Å². The Morgan fingerprint density at radius 2 is 1.38 bits per heavy atom. The molecule has 1 saturated carbocycles. The number of unbranched alkanes of at least 4 members (excludes halogenated alkanes) is 5. The number of esters is 1. The molecule has 0 heterocycles. The summed E-state index contributed by atoms with van der Waals surface area (Å²) in [4.78, 5) is 12.8. The van der Waals surface area contributed by atoms with Crippen molar-refractivity contribution in [3.05, 3.63) is 83.7 Å². The third kappa shape index (κ3) is 8.68. The molecule has 3 aromatic carbocycles. The molecule has 0 radical (unpaired) electrons. The van der Waals surface area contributed by atoms with Crippen LogP contribution in [0.15, 0.2) is 66.7 Å². The molecule has 0 amide bonds. The maximum absolute atomic E-state index is 15.1. The van der Waals surface area contributed by atoms with Crippen LogP contribution in [-0.2, 0) is 0 Å². The molecule has 0 N–H and O–H groups in total. The van der Waals surface area contributed by atoms with Crippen molar-refractivity contribution in [2.75, 3.05) is 6.61 Å². The number of rotatable bonds is 14. The average molecular weight is 545 g/mol. The zero-order valence-corrected chi connectivity index (χ0v) is 24.3. The van der Waals surface area contributed by atoms with Crippen LogP contribution in [0.25, 0.3) is 11.1 Å². The second kappa shape index (κ2) is 15.6. The highest BCUT2D eigenvalue weighted by atomic mass is 19.1. The molecule has 0 unspecified atom stereocenters. The molecule has 0 bridgehead atoms. The van der Waals surface area contributed by atoms with Crippen molar-refractivity contribution in [3.8, 4) is 22.6 Å². The zero-order chi connectivity index (χ0) is 28.2. The quantitative estimate of drug-likeness (QED) is 0.115. The molecule has 4 rings (SSSR count). The molecular formula is C36H45FO3. The van der Waals surface area contributed by atoms with Gasteiger partial charge in [0.25, 0.3) is 0 Å². The number of hydrogen-bond acceptors (Lipinski definition) is 3. The smallest absolute Gasteiger partial charge is 0.343 e. The molecule has 1 aliphatic carbocycles. The van der Waals surface area contributed by atoms with Gasteiger partial charge in [0.1, 0.15) is 17.3 Å². The fourth-order valence-corrected chi connectivity index (χ4v) is 5.77. The highest BCUT2D eigenvalue weighted by Crippen LogP contribution is 2.39. The second-order valence-electron chi connectivity index (χ2n) is 11.3. The van der Waals surface area contributed by atoms with Crippen LogP contribution in [0.1, 0.15) is 113 Å². The van der Waals surface area contributed by atoms with Crippen molar-refractivity contribution < 1.29 is 18.7 Å². The molecule has 4 heteroatoms. The van der Waals surface area contributed by atoms with E-state index >= 15 is 4.39 Å². The van der Waals surface area contributed by atoms with E-state index in [1.165, 1.54) is 63.9 Å². The van der Waals surface area contributed by atoms with Gasteiger partial charge in [-0.1, -0.05) is 89.1 Å². The van der Waals surface area contributed by atoms with Crippen LogP contribution in [0.3, 0.4) is 0 Å². The lowest BCUT2D eigenvalue weighted by atomic mass is 9.77. The monoisotopic (exact) mass is 544 g/mol. The van der Waals surface area contributed by atoms with E-state index in [4.69, 9.17) is 9.47 Å². The number of carbonyl (C=O) groups excluding carboxylic acids is 1. The molecular weight excluding hydrogens is 499 g/mol. The van der Waals surface area contributed by atoms with E-state index in [1.807, 2.05) is 36.4 Å². The predicted molar refractivity (Wildman–Crippen MR) is 162 cm³/mol. The van der Waals surface area contributed by atoms with Gasteiger partial charge < -0.3 is 9.47 Å². The van der Waals surface area contributed by atoms with Gasteiger partial charge in [0.2, 0.25) is 0 Å². The highest BCUT2D eigenvalue weighted by molar-refractivity contribution is 5.91. The van der Waals surface area contributed by atoms with Crippen molar-refractivity contribution in [2.24, 2.45) is 5.92 Å². The van der Waals surface area contributed by atoms with Gasteiger partial charge in [0, 0.05) is 0 Å². The largest absolute Gasteiger partial charge is 0.494 e. The molecule has 0 spiro atoms. The molecule has 1 fully saturated rings. The van der Waals surface area contributed by atoms with Gasteiger partial charge in [-0.15, -0.1) is 0 Å². The zero-order valence-electron chi connectivity index (χ0n) is 24.3. The van der Waals surface area contributed by atoms with E-state index in [-0.39, 0.29) is 17.3 Å². The summed E-state index contributed by atoms with van der Waals surface area (Å²) in [5.74, 6) is 1.49. The van der Waals surface area contributed by atoms with Crippen molar-refractivity contribution in [2.45, 2.75) is 96.8 Å². The summed E-state index contributed by atoms with van der Waals surface area (Å²) in [7, 11) is 0. The first-order chi connectivity index (χ1) is 19.6. The van der Waals surface area contributed by atoms with Gasteiger partial charge in [0.05, 0.1) is 12.2 Å². The van der Waals surface area contributed by atoms with E-state index in [0.717, 1.165) is 54.2 Å². The van der Waals surface area contributed by atoms with Crippen LogP contribution in [0.4, 0.5) is 4.39 Å². The number of hydrogen-bond donors (Lipinski definition) is 0. The van der Waals surface area contributed by atoms with Gasteiger partial charge in [-0.05, 0) is 97.0 Å². The lowest BCUT2D eigenvalue weighted by Crippen LogP contribution is -2.15. The van der Waals surface area contributed by atoms with E-state index in [2.05, 4.69) is 13.8 Å². The Kier molecular flexibility index (Phi) is 11.6. The molecule has 3 nitrogen and oxygen atoms in total. The number of benzene rings is 3. The van der Waals surface area contributed by atoms with Crippen molar-refractivity contribution in [3.63, 3.8) is 0 Å². The number of carbonyl (C=O) groups is 1. The van der Waals surface area contributed by atoms with Crippen LogP contribution in [0.5, 0.6) is 11.5 Å². The van der Waals surface area contributed by atoms with E-state index in [1.54, 1.807) is 24.3 Å². The van der Waals surface area contributed by atoms with E-state index in [0.29, 0.717) is 5.75 Å². The summed E-state index contributed by atoms with van der Waals surface area (Å²) in [5, 5.41) is 0. The fraction of sp³-hybridized carbons (Fsp3) is 0.472. The maximum atomic E-state index is 15.1. The normalized spacial score (nSPS) is 17.0. The maximum Gasteiger partial charge on any atom is 0.343 e. The van der Waals surface area contributed by atoms with Gasteiger partial charge in [0.15, 0.2) is 0 Å². The minimum Gasteiger partial charge on any atom is -0.494 e. The van der Waals surface area contributed by atoms with Crippen LogP contribution < -0.4 is 9.47 Å². The molecule has 0 aliphatic heterocycles. The lowest BCUT2D eigenvalue weighted by Gasteiger charge is -2.29. The third-order valence-electron chi connectivity index (χ3n) is 8.26. The summed E-state index contributed by atoms with van der Waals surface area (Å²) in [6.07, 6.45) is 14.4. The second-order valence-corrected chi connectivity index (χ2v) is 11.3. The molecule has 0 saturated heterocycles. The Labute approximate surface area is 240 Å². The lowest BCUT2D eigenvalue weighted by molar-refractivity contribution is 0.0734. The highest BCUT2D eigenvalue weighted by Gasteiger charge is 2.25. The van der Waals surface area contributed by atoms with Crippen LogP contribution in [0, 0.1) is 11.7 Å². The Bertz CT molecular complexity index is 1180. The molecule has 214 valence electrons. The van der Waals surface area contributed by atoms with Gasteiger partial charge in [-0.2, -0.15) is 0 Å². The molecule has 0 atom stereocenters. The summed E-state index contributed by atoms with van der Waals surface area (Å²) < 4.78 is 26.4. The van der Waals surface area contributed by atoms with Crippen molar-refractivity contribution in [1.82, 2.24) is 0 Å². The summed E-state index contributed by atoms with van der Waals surface area (Å²) in [6.45, 7) is 5.16. The van der Waals surface area contributed by atoms with Crippen LogP contribution >= 0.6 is 0 Å². The van der Waals surface area contributed by atoms with Gasteiger partial charge >= 0.3 is 5.97 Å². The van der Waals surface area contributed by atoms with Crippen LogP contribution in [-0.4, -0.2) is 12.6 Å². The number of halogens is 1. The summed E-state index contributed by atoms with van der Waals surface area (Å²) >= 11 is 0. The fourth-order valence-electron chi connectivity index (χ4n) is 5.77. The van der Waals surface area contributed by atoms with Crippen molar-refractivity contribution >= 4 is 5.97 Å². The molecule has 1 aliphatic rings. The standard InChI is InChI=1S/C36H45FO3/c1-3-5-7-8-10-27-11-13-30(14-12-27)34-24-19-31(26-35(34)37)36(38)40-33-22-17-29(18-23-33)28-15-20-32(21-16-28)39-25-9-6-4-2/h15-24,26-27,30H,3-14,25H2,1-2H3. The Morgan fingerprint density at radius 3 is 2.00 bits per heavy atom. The summed E-state index contributed by atoms with van der Waals surface area (Å²) in [6, 6.07) is 20.2. The first kappa shape index (κ1) is 29.8. The molecule has 3 aromatic rings. The SMILES string of the molecule is CCCCCCC1CCC(c2ccc(C(=O)Oc3ccc(-c4ccc(OCCCCC)cc4)cc3)cc2F)CC1. The topological polar surface area (TPSA) is 35.5 Å². The van der Waals surface area contributed by atoms with E-state index < -0.39 is 5.97 Å². The Balaban J connectivity index is 1.27. The Hall–Kier alpha value is -3.14. The average Bonchev–Trinajstić information content (AvgIpc) is 2.99. The van der Waals surface area contributed by atoms with Gasteiger partial charge in [-0.3, -0.25) is 0 Å². The predicted octanol–water partition coefficient (Wildman–Crippen LogP) is 10.5. The van der Waals surface area contributed by atoms with Gasteiger partial charge in [-0.25, -0.2) is 9.18 Å². The van der Waals surface area contributed by atoms with Crippen molar-refractivity contribution in [1.29, 1.82) is 0 Å². The molecule has 40 heavy (non-hydrogen) atoms.